The minimum atomic E-state index is -0.510. The molecule has 0 saturated carbocycles. The number of nitrogens with one attached hydrogen (secondary N) is 1. The highest BCUT2D eigenvalue weighted by Crippen LogP contribution is 2.28. The number of fused-ring (bicyclic) bond motifs is 1. The van der Waals surface area contributed by atoms with Gasteiger partial charge in [0.05, 0.1) is 5.69 Å². The van der Waals surface area contributed by atoms with Crippen molar-refractivity contribution in [2.75, 3.05) is 5.32 Å². The molecule has 7 nitrogen and oxygen atoms in total. The van der Waals surface area contributed by atoms with E-state index in [1.54, 1.807) is 6.07 Å². The molecule has 1 atom stereocenters. The van der Waals surface area contributed by atoms with E-state index < -0.39 is 6.10 Å². The maximum Gasteiger partial charge on any atom is 0.265 e. The highest BCUT2D eigenvalue weighted by molar-refractivity contribution is 5.95. The van der Waals surface area contributed by atoms with Crippen molar-refractivity contribution in [1.29, 1.82) is 0 Å². The number of hydrogen-bond acceptors (Lipinski definition) is 5. The fourth-order valence-corrected chi connectivity index (χ4v) is 2.56. The molecule has 1 aliphatic rings. The second-order valence-corrected chi connectivity index (χ2v) is 5.21. The molecule has 4 rings (SSSR count). The summed E-state index contributed by atoms with van der Waals surface area (Å²) in [6.45, 7) is 0. The summed E-state index contributed by atoms with van der Waals surface area (Å²) in [5.74, 6) is 0.602. The van der Waals surface area contributed by atoms with Crippen molar-refractivity contribution in [3.63, 3.8) is 0 Å². The van der Waals surface area contributed by atoms with Crippen LogP contribution in [0.1, 0.15) is 5.56 Å². The van der Waals surface area contributed by atoms with Gasteiger partial charge in [0.2, 0.25) is 0 Å². The van der Waals surface area contributed by atoms with E-state index in [1.165, 1.54) is 11.0 Å². The van der Waals surface area contributed by atoms with E-state index in [1.807, 2.05) is 42.5 Å². The van der Waals surface area contributed by atoms with Gasteiger partial charge in [0.25, 0.3) is 5.91 Å². The van der Waals surface area contributed by atoms with Gasteiger partial charge in [-0.25, -0.2) is 4.68 Å². The zero-order chi connectivity index (χ0) is 15.6. The van der Waals surface area contributed by atoms with E-state index in [2.05, 4.69) is 20.8 Å². The number of amides is 1. The van der Waals surface area contributed by atoms with Gasteiger partial charge in [0, 0.05) is 12.1 Å². The van der Waals surface area contributed by atoms with Gasteiger partial charge in [-0.3, -0.25) is 4.79 Å². The molecule has 2 aromatic carbocycles. The van der Waals surface area contributed by atoms with Crippen molar-refractivity contribution in [2.24, 2.45) is 0 Å². The number of hydrogen-bond donors (Lipinski definition) is 1. The van der Waals surface area contributed by atoms with E-state index in [4.69, 9.17) is 4.74 Å². The van der Waals surface area contributed by atoms with Crippen molar-refractivity contribution in [3.8, 4) is 11.4 Å². The number of benzene rings is 2. The summed E-state index contributed by atoms with van der Waals surface area (Å²) >= 11 is 0. The van der Waals surface area contributed by atoms with Crippen LogP contribution in [0.3, 0.4) is 0 Å². The quantitative estimate of drug-likeness (QED) is 0.795. The first-order chi connectivity index (χ1) is 11.3. The van der Waals surface area contributed by atoms with Crippen LogP contribution in [-0.4, -0.2) is 32.2 Å². The molecule has 3 aromatic rings. The highest BCUT2D eigenvalue weighted by atomic mass is 16.5. The number of carbonyl (C=O) groups is 1. The van der Waals surface area contributed by atoms with Crippen LogP contribution in [0.2, 0.25) is 0 Å². The number of ether oxygens (including phenoxy) is 1. The molecule has 0 aliphatic carbocycles. The molecule has 1 aliphatic heterocycles. The molecule has 1 aromatic heterocycles. The summed E-state index contributed by atoms with van der Waals surface area (Å²) in [5, 5.41) is 13.9. The van der Waals surface area contributed by atoms with Gasteiger partial charge in [0.15, 0.2) is 6.10 Å². The fourth-order valence-electron chi connectivity index (χ4n) is 2.56. The van der Waals surface area contributed by atoms with E-state index in [9.17, 15) is 4.79 Å². The first-order valence-corrected chi connectivity index (χ1v) is 7.18. The van der Waals surface area contributed by atoms with Gasteiger partial charge in [-0.15, -0.1) is 5.10 Å². The fraction of sp³-hybridized carbons (Fsp3) is 0.125. The minimum Gasteiger partial charge on any atom is -0.480 e. The van der Waals surface area contributed by atoms with Gasteiger partial charge >= 0.3 is 0 Å². The maximum absolute atomic E-state index is 12.4. The molecule has 1 unspecified atom stereocenters. The van der Waals surface area contributed by atoms with Crippen LogP contribution in [0.4, 0.5) is 5.69 Å². The number of tetrazole rings is 1. The number of rotatable bonds is 3. The molecule has 23 heavy (non-hydrogen) atoms. The van der Waals surface area contributed by atoms with Crippen LogP contribution in [-0.2, 0) is 11.2 Å². The van der Waals surface area contributed by atoms with Gasteiger partial charge in [-0.1, -0.05) is 24.3 Å². The Morgan fingerprint density at radius 1 is 1.22 bits per heavy atom. The minimum absolute atomic E-state index is 0.171. The molecule has 0 saturated heterocycles. The molecule has 0 fully saturated rings. The van der Waals surface area contributed by atoms with Crippen LogP contribution < -0.4 is 10.1 Å². The summed E-state index contributed by atoms with van der Waals surface area (Å²) < 4.78 is 7.22. The Hall–Kier alpha value is -3.22. The summed E-state index contributed by atoms with van der Waals surface area (Å²) in [6.07, 6.45) is 1.57. The molecule has 0 spiro atoms. The molecule has 2 heterocycles. The lowest BCUT2D eigenvalue weighted by Crippen LogP contribution is -2.31. The Labute approximate surface area is 131 Å². The molecular formula is C16H13N5O2. The summed E-state index contributed by atoms with van der Waals surface area (Å²) in [6, 6.07) is 15.0. The number of para-hydroxylation sites is 1. The van der Waals surface area contributed by atoms with E-state index in [0.717, 1.165) is 17.0 Å². The Kier molecular flexibility index (Phi) is 3.23. The number of anilines is 1. The standard InChI is InChI=1S/C16H13N5O2/c22-16(15-8-11-4-1-2-7-14(11)23-15)18-12-5-3-6-13(9-12)21-10-17-19-20-21/h1-7,9-10,15H,8H2,(H,18,22). The lowest BCUT2D eigenvalue weighted by atomic mass is 10.1. The molecule has 1 amide bonds. The molecule has 0 radical (unpaired) electrons. The predicted molar refractivity (Wildman–Crippen MR) is 82.3 cm³/mol. The molecule has 0 bridgehead atoms. The smallest absolute Gasteiger partial charge is 0.265 e. The van der Waals surface area contributed by atoms with Crippen LogP contribution in [0.25, 0.3) is 5.69 Å². The Balaban J connectivity index is 1.49. The average Bonchev–Trinajstić information content (AvgIpc) is 3.24. The topological polar surface area (TPSA) is 81.9 Å². The van der Waals surface area contributed by atoms with E-state index >= 15 is 0 Å². The van der Waals surface area contributed by atoms with Crippen molar-refractivity contribution in [2.45, 2.75) is 12.5 Å². The Bertz CT molecular complexity index is 822. The van der Waals surface area contributed by atoms with Crippen LogP contribution in [0.5, 0.6) is 5.75 Å². The largest absolute Gasteiger partial charge is 0.480 e. The van der Waals surface area contributed by atoms with Crippen LogP contribution >= 0.6 is 0 Å². The first kappa shape index (κ1) is 13.4. The maximum atomic E-state index is 12.4. The monoisotopic (exact) mass is 307 g/mol. The second-order valence-electron chi connectivity index (χ2n) is 5.21. The molecule has 7 heteroatoms. The van der Waals surface area contributed by atoms with Gasteiger partial charge in [0.1, 0.15) is 12.1 Å². The SMILES string of the molecule is O=C(Nc1cccc(-n2cnnn2)c1)C1Cc2ccccc2O1. The average molecular weight is 307 g/mol. The number of carbonyl (C=O) groups excluding carboxylic acids is 1. The highest BCUT2D eigenvalue weighted by Gasteiger charge is 2.28. The molecular weight excluding hydrogens is 294 g/mol. The predicted octanol–water partition coefficient (Wildman–Crippen LogP) is 1.60. The normalized spacial score (nSPS) is 15.7. The van der Waals surface area contributed by atoms with Gasteiger partial charge in [-0.2, -0.15) is 0 Å². The van der Waals surface area contributed by atoms with E-state index in [0.29, 0.717) is 12.1 Å². The zero-order valence-corrected chi connectivity index (χ0v) is 12.1. The zero-order valence-electron chi connectivity index (χ0n) is 12.1. The van der Waals surface area contributed by atoms with Gasteiger partial charge in [-0.05, 0) is 40.3 Å². The molecule has 1 N–H and O–H groups in total. The number of aromatic nitrogens is 4. The van der Waals surface area contributed by atoms with Crippen LogP contribution in [0.15, 0.2) is 54.9 Å². The third-order valence-corrected chi connectivity index (χ3v) is 3.67. The van der Waals surface area contributed by atoms with Crippen molar-refractivity contribution >= 4 is 11.6 Å². The third-order valence-electron chi connectivity index (χ3n) is 3.67. The number of nitrogens with zero attached hydrogens (tertiary/aromatic N) is 4. The summed E-state index contributed by atoms with van der Waals surface area (Å²) in [7, 11) is 0. The summed E-state index contributed by atoms with van der Waals surface area (Å²) in [5.41, 5.74) is 2.49. The summed E-state index contributed by atoms with van der Waals surface area (Å²) in [4.78, 5) is 12.4. The van der Waals surface area contributed by atoms with Crippen molar-refractivity contribution in [1.82, 2.24) is 20.2 Å². The Morgan fingerprint density at radius 3 is 2.96 bits per heavy atom. The second kappa shape index (κ2) is 5.53. The van der Waals surface area contributed by atoms with Gasteiger partial charge < -0.3 is 10.1 Å². The lowest BCUT2D eigenvalue weighted by Gasteiger charge is -2.12. The Morgan fingerprint density at radius 2 is 2.13 bits per heavy atom. The van der Waals surface area contributed by atoms with Crippen molar-refractivity contribution < 1.29 is 9.53 Å². The first-order valence-electron chi connectivity index (χ1n) is 7.18. The van der Waals surface area contributed by atoms with E-state index in [-0.39, 0.29) is 5.91 Å². The third kappa shape index (κ3) is 2.64. The molecule has 114 valence electrons. The lowest BCUT2D eigenvalue weighted by molar-refractivity contribution is -0.122. The van der Waals surface area contributed by atoms with Crippen LogP contribution in [0, 0.1) is 0 Å². The van der Waals surface area contributed by atoms with Crippen molar-refractivity contribution in [3.05, 3.63) is 60.4 Å².